The summed E-state index contributed by atoms with van der Waals surface area (Å²) in [5.74, 6) is -0.657. The molecule has 0 unspecified atom stereocenters. The van der Waals surface area contributed by atoms with Gasteiger partial charge in [0.1, 0.15) is 17.3 Å². The molecule has 86 valence electrons. The van der Waals surface area contributed by atoms with Gasteiger partial charge in [-0.15, -0.1) is 0 Å². The van der Waals surface area contributed by atoms with E-state index in [1.807, 2.05) is 0 Å². The maximum atomic E-state index is 12.6. The molecule has 0 bridgehead atoms. The molecule has 2 rings (SSSR count). The molecule has 2 aromatic rings. The van der Waals surface area contributed by atoms with Crippen molar-refractivity contribution in [3.63, 3.8) is 0 Å². The van der Waals surface area contributed by atoms with Crippen molar-refractivity contribution >= 4 is 23.3 Å². The summed E-state index contributed by atoms with van der Waals surface area (Å²) in [4.78, 5) is 19.2. The van der Waals surface area contributed by atoms with Crippen LogP contribution in [0, 0.1) is 5.82 Å². The van der Waals surface area contributed by atoms with E-state index in [-0.39, 0.29) is 5.69 Å². The quantitative estimate of drug-likeness (QED) is 0.892. The first-order chi connectivity index (χ1) is 8.15. The van der Waals surface area contributed by atoms with Crippen molar-refractivity contribution < 1.29 is 9.18 Å². The summed E-state index contributed by atoms with van der Waals surface area (Å²) >= 11 is 5.74. The van der Waals surface area contributed by atoms with Crippen LogP contribution in [0.1, 0.15) is 10.5 Å². The Morgan fingerprint density at radius 1 is 1.29 bits per heavy atom. The number of carbonyl (C=O) groups excluding carboxylic acids is 1. The molecular weight excluding hydrogens is 245 g/mol. The minimum atomic E-state index is -0.498. The zero-order chi connectivity index (χ0) is 12.3. The fourth-order valence-electron chi connectivity index (χ4n) is 1.16. The highest BCUT2D eigenvalue weighted by Gasteiger charge is 2.08. The molecular formula is C11H7ClFN3O. The summed E-state index contributed by atoms with van der Waals surface area (Å²) in [6.07, 6.45) is 2.44. The second-order valence-electron chi connectivity index (χ2n) is 3.18. The maximum Gasteiger partial charge on any atom is 0.275 e. The van der Waals surface area contributed by atoms with Gasteiger partial charge in [-0.25, -0.2) is 14.4 Å². The number of carbonyl (C=O) groups is 1. The van der Waals surface area contributed by atoms with E-state index in [1.54, 1.807) is 6.07 Å². The molecule has 2 aromatic heterocycles. The van der Waals surface area contributed by atoms with Gasteiger partial charge in [0.15, 0.2) is 0 Å². The summed E-state index contributed by atoms with van der Waals surface area (Å²) < 4.78 is 12.6. The van der Waals surface area contributed by atoms with Crippen molar-refractivity contribution in [2.75, 3.05) is 5.32 Å². The number of hydrogen-bond donors (Lipinski definition) is 1. The minimum absolute atomic E-state index is 0.105. The van der Waals surface area contributed by atoms with Crippen LogP contribution >= 0.6 is 11.6 Å². The zero-order valence-corrected chi connectivity index (χ0v) is 9.28. The van der Waals surface area contributed by atoms with Crippen LogP contribution in [0.2, 0.25) is 5.02 Å². The lowest BCUT2D eigenvalue weighted by Crippen LogP contribution is -2.14. The predicted octanol–water partition coefficient (Wildman–Crippen LogP) is 2.52. The van der Waals surface area contributed by atoms with Gasteiger partial charge >= 0.3 is 0 Å². The topological polar surface area (TPSA) is 54.9 Å². The van der Waals surface area contributed by atoms with E-state index in [9.17, 15) is 9.18 Å². The van der Waals surface area contributed by atoms with Gasteiger partial charge in [0, 0.05) is 11.2 Å². The first kappa shape index (κ1) is 11.5. The lowest BCUT2D eigenvalue weighted by Gasteiger charge is -2.03. The highest BCUT2D eigenvalue weighted by atomic mass is 35.5. The Morgan fingerprint density at radius 3 is 2.76 bits per heavy atom. The number of nitrogens with zero attached hydrogens (tertiary/aromatic N) is 2. The largest absolute Gasteiger partial charge is 0.305 e. The molecule has 0 aliphatic rings. The predicted molar refractivity (Wildman–Crippen MR) is 61.4 cm³/mol. The summed E-state index contributed by atoms with van der Waals surface area (Å²) in [5, 5.41) is 2.96. The van der Waals surface area contributed by atoms with Crippen LogP contribution in [0.3, 0.4) is 0 Å². The normalized spacial score (nSPS) is 10.0. The highest BCUT2D eigenvalue weighted by Crippen LogP contribution is 2.12. The van der Waals surface area contributed by atoms with Crippen LogP contribution in [-0.2, 0) is 0 Å². The van der Waals surface area contributed by atoms with Crippen molar-refractivity contribution in [3.8, 4) is 0 Å². The van der Waals surface area contributed by atoms with Crippen LogP contribution in [0.4, 0.5) is 10.2 Å². The molecule has 0 aromatic carbocycles. The van der Waals surface area contributed by atoms with Crippen molar-refractivity contribution in [1.29, 1.82) is 0 Å². The molecule has 0 spiro atoms. The van der Waals surface area contributed by atoms with Crippen LogP contribution in [0.15, 0.2) is 36.7 Å². The van der Waals surface area contributed by atoms with Gasteiger partial charge in [-0.1, -0.05) is 11.6 Å². The van der Waals surface area contributed by atoms with Gasteiger partial charge < -0.3 is 5.32 Å². The average Bonchev–Trinajstić information content (AvgIpc) is 2.29. The number of rotatable bonds is 2. The number of aromatic nitrogens is 2. The Kier molecular flexibility index (Phi) is 3.30. The van der Waals surface area contributed by atoms with Gasteiger partial charge in [-0.2, -0.15) is 0 Å². The molecule has 0 aliphatic carbocycles. The maximum absolute atomic E-state index is 12.6. The Bertz CT molecular complexity index is 545. The number of anilines is 1. The van der Waals surface area contributed by atoms with Crippen LogP contribution < -0.4 is 5.32 Å². The van der Waals surface area contributed by atoms with Crippen molar-refractivity contribution in [3.05, 3.63) is 53.2 Å². The minimum Gasteiger partial charge on any atom is -0.305 e. The third-order valence-corrected chi connectivity index (χ3v) is 2.16. The van der Waals surface area contributed by atoms with E-state index < -0.39 is 11.7 Å². The van der Waals surface area contributed by atoms with E-state index >= 15 is 0 Å². The molecule has 6 heteroatoms. The lowest BCUT2D eigenvalue weighted by molar-refractivity contribution is 0.102. The molecule has 0 saturated carbocycles. The van der Waals surface area contributed by atoms with Crippen molar-refractivity contribution in [2.45, 2.75) is 0 Å². The smallest absolute Gasteiger partial charge is 0.275 e. The summed E-state index contributed by atoms with van der Waals surface area (Å²) in [5.41, 5.74) is 0.105. The van der Waals surface area contributed by atoms with Crippen LogP contribution in [0.5, 0.6) is 0 Å². The fraction of sp³-hybridized carbons (Fsp3) is 0. The molecule has 1 N–H and O–H groups in total. The second-order valence-corrected chi connectivity index (χ2v) is 3.61. The number of halogens is 2. The Labute approximate surface area is 101 Å². The van der Waals surface area contributed by atoms with Gasteiger partial charge in [0.2, 0.25) is 0 Å². The lowest BCUT2D eigenvalue weighted by atomic mass is 10.3. The Balaban J connectivity index is 2.14. The number of amides is 1. The highest BCUT2D eigenvalue weighted by molar-refractivity contribution is 6.30. The molecule has 0 atom stereocenters. The molecule has 0 saturated heterocycles. The van der Waals surface area contributed by atoms with Gasteiger partial charge in [0.05, 0.1) is 6.20 Å². The zero-order valence-electron chi connectivity index (χ0n) is 8.52. The van der Waals surface area contributed by atoms with Gasteiger partial charge in [0.25, 0.3) is 5.91 Å². The first-order valence-corrected chi connectivity index (χ1v) is 5.07. The molecule has 1 amide bonds. The molecule has 0 fully saturated rings. The van der Waals surface area contributed by atoms with Crippen LogP contribution in [0.25, 0.3) is 0 Å². The average molecular weight is 252 g/mol. The van der Waals surface area contributed by atoms with E-state index in [0.717, 1.165) is 12.3 Å². The molecule has 2 heterocycles. The van der Waals surface area contributed by atoms with E-state index in [2.05, 4.69) is 15.3 Å². The fourth-order valence-corrected chi connectivity index (χ4v) is 1.32. The van der Waals surface area contributed by atoms with Crippen molar-refractivity contribution in [2.24, 2.45) is 0 Å². The van der Waals surface area contributed by atoms with Gasteiger partial charge in [-0.3, -0.25) is 4.79 Å². The van der Waals surface area contributed by atoms with Crippen molar-refractivity contribution in [1.82, 2.24) is 9.97 Å². The van der Waals surface area contributed by atoms with E-state index in [1.165, 1.54) is 18.3 Å². The molecule has 0 radical (unpaired) electrons. The van der Waals surface area contributed by atoms with Crippen LogP contribution in [-0.4, -0.2) is 15.9 Å². The summed E-state index contributed by atoms with van der Waals surface area (Å²) in [6.45, 7) is 0. The third kappa shape index (κ3) is 2.98. The van der Waals surface area contributed by atoms with Gasteiger partial charge in [-0.05, 0) is 24.3 Å². The number of pyridine rings is 2. The summed E-state index contributed by atoms with van der Waals surface area (Å²) in [7, 11) is 0. The standard InChI is InChI=1S/C11H7ClFN3O/c12-7-3-4-14-10(5-7)16-11(17)9-2-1-8(13)6-15-9/h1-6H,(H,14,16,17). The molecule has 4 nitrogen and oxygen atoms in total. The SMILES string of the molecule is O=C(Nc1cc(Cl)ccn1)c1ccc(F)cn1. The van der Waals surface area contributed by atoms with E-state index in [0.29, 0.717) is 10.8 Å². The summed E-state index contributed by atoms with van der Waals surface area (Å²) in [6, 6.07) is 5.54. The number of hydrogen-bond acceptors (Lipinski definition) is 3. The van der Waals surface area contributed by atoms with E-state index in [4.69, 9.17) is 11.6 Å². The first-order valence-electron chi connectivity index (χ1n) is 4.69. The molecule has 17 heavy (non-hydrogen) atoms. The third-order valence-electron chi connectivity index (χ3n) is 1.92. The molecule has 0 aliphatic heterocycles. The second kappa shape index (κ2) is 4.88. The number of nitrogens with one attached hydrogen (secondary N) is 1. The Morgan fingerprint density at radius 2 is 2.12 bits per heavy atom. The Hall–Kier alpha value is -2.01. The monoisotopic (exact) mass is 251 g/mol.